The molecule has 0 aliphatic carbocycles. The first kappa shape index (κ1) is 19.7. The van der Waals surface area contributed by atoms with Crippen molar-refractivity contribution in [3.8, 4) is 11.5 Å². The number of ether oxygens (including phenoxy) is 2. The third-order valence-corrected chi connectivity index (χ3v) is 4.34. The number of aliphatic carboxylic acids is 1. The highest BCUT2D eigenvalue weighted by Gasteiger charge is 2.23. The molecule has 1 aromatic carbocycles. The molecule has 0 saturated heterocycles. The average Bonchev–Trinajstić information content (AvgIpc) is 3.11. The Kier molecular flexibility index (Phi) is 6.57. The van der Waals surface area contributed by atoms with Gasteiger partial charge in [0.2, 0.25) is 0 Å². The summed E-state index contributed by atoms with van der Waals surface area (Å²) in [5.41, 5.74) is 2.32. The van der Waals surface area contributed by atoms with Gasteiger partial charge in [-0.15, -0.1) is 11.3 Å². The molecule has 1 amide bonds. The highest BCUT2D eigenvalue weighted by Crippen LogP contribution is 2.29. The maximum absolute atomic E-state index is 12.5. The first-order chi connectivity index (χ1) is 12.3. The van der Waals surface area contributed by atoms with Crippen molar-refractivity contribution in [2.45, 2.75) is 38.8 Å². The summed E-state index contributed by atoms with van der Waals surface area (Å²) in [7, 11) is 1.50. The van der Waals surface area contributed by atoms with Gasteiger partial charge in [-0.1, -0.05) is 0 Å². The monoisotopic (exact) mass is 378 g/mol. The molecule has 1 heterocycles. The minimum absolute atomic E-state index is 0.0139. The van der Waals surface area contributed by atoms with E-state index in [-0.39, 0.29) is 12.3 Å². The van der Waals surface area contributed by atoms with Gasteiger partial charge >= 0.3 is 5.97 Å². The largest absolute Gasteiger partial charge is 0.493 e. The molecule has 0 unspecified atom stereocenters. The minimum Gasteiger partial charge on any atom is -0.493 e. The van der Waals surface area contributed by atoms with Crippen LogP contribution in [0.25, 0.3) is 0 Å². The Balaban J connectivity index is 2.04. The number of carbonyl (C=O) groups is 2. The number of aromatic nitrogens is 1. The first-order valence-electron chi connectivity index (χ1n) is 8.03. The smallest absolute Gasteiger partial charge is 0.303 e. The van der Waals surface area contributed by atoms with Crippen molar-refractivity contribution < 1.29 is 24.2 Å². The molecule has 7 nitrogen and oxygen atoms in total. The Morgan fingerprint density at radius 2 is 2.08 bits per heavy atom. The van der Waals surface area contributed by atoms with Crippen LogP contribution in [0.4, 0.5) is 0 Å². The molecule has 0 radical (unpaired) electrons. The Morgan fingerprint density at radius 3 is 2.69 bits per heavy atom. The third kappa shape index (κ3) is 5.73. The van der Waals surface area contributed by atoms with Crippen molar-refractivity contribution >= 4 is 23.2 Å². The van der Waals surface area contributed by atoms with Crippen LogP contribution in [-0.4, -0.2) is 34.6 Å². The predicted octanol–water partition coefficient (Wildman–Crippen LogP) is 3.10. The second-order valence-corrected chi connectivity index (χ2v) is 7.08. The molecular weight excluding hydrogens is 356 g/mol. The molecule has 2 aromatic rings. The molecule has 0 aliphatic heterocycles. The summed E-state index contributed by atoms with van der Waals surface area (Å²) < 4.78 is 11.0. The van der Waals surface area contributed by atoms with Gasteiger partial charge in [0.15, 0.2) is 11.5 Å². The van der Waals surface area contributed by atoms with Gasteiger partial charge in [0.25, 0.3) is 5.91 Å². The lowest BCUT2D eigenvalue weighted by Crippen LogP contribution is -2.43. The van der Waals surface area contributed by atoms with Crippen LogP contribution in [-0.2, 0) is 11.4 Å². The molecule has 2 N–H and O–H groups in total. The normalized spacial score (nSPS) is 11.0. The van der Waals surface area contributed by atoms with Crippen LogP contribution in [0.5, 0.6) is 11.5 Å². The summed E-state index contributed by atoms with van der Waals surface area (Å²) in [6.45, 7) is 3.89. The minimum atomic E-state index is -0.893. The topological polar surface area (TPSA) is 97.8 Å². The van der Waals surface area contributed by atoms with Crippen molar-refractivity contribution in [2.75, 3.05) is 7.11 Å². The maximum atomic E-state index is 12.5. The Morgan fingerprint density at radius 1 is 1.31 bits per heavy atom. The van der Waals surface area contributed by atoms with E-state index < -0.39 is 11.5 Å². The fraction of sp³-hybridized carbons (Fsp3) is 0.389. The van der Waals surface area contributed by atoms with Crippen molar-refractivity contribution in [3.63, 3.8) is 0 Å². The molecule has 140 valence electrons. The van der Waals surface area contributed by atoms with Crippen molar-refractivity contribution in [1.82, 2.24) is 10.3 Å². The van der Waals surface area contributed by atoms with Crippen LogP contribution in [0.3, 0.4) is 0 Å². The zero-order valence-electron chi connectivity index (χ0n) is 14.9. The summed E-state index contributed by atoms with van der Waals surface area (Å²) in [4.78, 5) is 27.3. The van der Waals surface area contributed by atoms with E-state index >= 15 is 0 Å². The number of carboxylic acid groups (broad SMARTS) is 1. The van der Waals surface area contributed by atoms with Gasteiger partial charge in [0, 0.05) is 22.9 Å². The van der Waals surface area contributed by atoms with Gasteiger partial charge in [-0.2, -0.15) is 0 Å². The van der Waals surface area contributed by atoms with Crippen molar-refractivity contribution in [2.24, 2.45) is 0 Å². The SMILES string of the molecule is COc1cc(C(=O)NC(C)(C)CCC(=O)O)ccc1OCc1cscn1. The molecule has 0 atom stereocenters. The summed E-state index contributed by atoms with van der Waals surface area (Å²) in [5, 5.41) is 13.5. The van der Waals surface area contributed by atoms with E-state index in [1.807, 2.05) is 5.38 Å². The molecule has 0 aliphatic rings. The number of benzene rings is 1. The summed E-state index contributed by atoms with van der Waals surface area (Å²) in [5.74, 6) is -0.237. The molecular formula is C18H22N2O5S. The van der Waals surface area contributed by atoms with Crippen LogP contribution in [0.1, 0.15) is 42.7 Å². The summed E-state index contributed by atoms with van der Waals surface area (Å²) in [6, 6.07) is 4.91. The van der Waals surface area contributed by atoms with Crippen LogP contribution in [0, 0.1) is 0 Å². The Bertz CT molecular complexity index is 759. The molecule has 26 heavy (non-hydrogen) atoms. The highest BCUT2D eigenvalue weighted by atomic mass is 32.1. The highest BCUT2D eigenvalue weighted by molar-refractivity contribution is 7.07. The number of hydrogen-bond donors (Lipinski definition) is 2. The standard InChI is InChI=1S/C18H22N2O5S/c1-18(2,7-6-16(21)22)20-17(23)12-4-5-14(15(8-12)24-3)25-9-13-10-26-11-19-13/h4-5,8,10-11H,6-7,9H2,1-3H3,(H,20,23)(H,21,22). The van der Waals surface area contributed by atoms with Gasteiger partial charge in [-0.05, 0) is 38.5 Å². The molecule has 0 bridgehead atoms. The van der Waals surface area contributed by atoms with Crippen LogP contribution in [0.15, 0.2) is 29.1 Å². The van der Waals surface area contributed by atoms with E-state index in [2.05, 4.69) is 10.3 Å². The number of nitrogens with one attached hydrogen (secondary N) is 1. The van der Waals surface area contributed by atoms with E-state index in [0.29, 0.717) is 30.1 Å². The number of amides is 1. The van der Waals surface area contributed by atoms with E-state index in [9.17, 15) is 9.59 Å². The number of hydrogen-bond acceptors (Lipinski definition) is 6. The number of methoxy groups -OCH3 is 1. The Labute approximate surface area is 156 Å². The average molecular weight is 378 g/mol. The van der Waals surface area contributed by atoms with E-state index in [1.54, 1.807) is 37.6 Å². The predicted molar refractivity (Wildman–Crippen MR) is 97.9 cm³/mol. The van der Waals surface area contributed by atoms with Crippen molar-refractivity contribution in [3.05, 3.63) is 40.3 Å². The van der Waals surface area contributed by atoms with Gasteiger partial charge < -0.3 is 19.9 Å². The fourth-order valence-electron chi connectivity index (χ4n) is 2.25. The van der Waals surface area contributed by atoms with Gasteiger partial charge in [-0.25, -0.2) is 4.98 Å². The molecule has 0 fully saturated rings. The third-order valence-electron chi connectivity index (χ3n) is 3.70. The number of carbonyl (C=O) groups excluding carboxylic acids is 1. The molecule has 8 heteroatoms. The number of carboxylic acids is 1. The van der Waals surface area contributed by atoms with Crippen molar-refractivity contribution in [1.29, 1.82) is 0 Å². The maximum Gasteiger partial charge on any atom is 0.303 e. The molecule has 2 rings (SSSR count). The number of nitrogens with zero attached hydrogens (tertiary/aromatic N) is 1. The molecule has 0 saturated carbocycles. The molecule has 1 aromatic heterocycles. The van der Waals surface area contributed by atoms with Gasteiger partial charge in [0.1, 0.15) is 6.61 Å². The second kappa shape index (κ2) is 8.66. The van der Waals surface area contributed by atoms with Crippen LogP contribution in [0.2, 0.25) is 0 Å². The lowest BCUT2D eigenvalue weighted by molar-refractivity contribution is -0.137. The van der Waals surface area contributed by atoms with Gasteiger partial charge in [-0.3, -0.25) is 9.59 Å². The van der Waals surface area contributed by atoms with Crippen LogP contribution < -0.4 is 14.8 Å². The summed E-state index contributed by atoms with van der Waals surface area (Å²) >= 11 is 1.49. The van der Waals surface area contributed by atoms with E-state index in [0.717, 1.165) is 5.69 Å². The van der Waals surface area contributed by atoms with E-state index in [4.69, 9.17) is 14.6 Å². The number of rotatable bonds is 9. The second-order valence-electron chi connectivity index (χ2n) is 6.37. The summed E-state index contributed by atoms with van der Waals surface area (Å²) in [6.07, 6.45) is 0.319. The Hall–Kier alpha value is -2.61. The quantitative estimate of drug-likeness (QED) is 0.696. The number of thiazole rings is 1. The van der Waals surface area contributed by atoms with E-state index in [1.165, 1.54) is 18.4 Å². The zero-order chi connectivity index (χ0) is 19.2. The first-order valence-corrected chi connectivity index (χ1v) is 8.97. The molecule has 0 spiro atoms. The van der Waals surface area contributed by atoms with Crippen LogP contribution >= 0.6 is 11.3 Å². The lowest BCUT2D eigenvalue weighted by atomic mass is 9.97. The van der Waals surface area contributed by atoms with Gasteiger partial charge in [0.05, 0.1) is 18.3 Å². The zero-order valence-corrected chi connectivity index (χ0v) is 15.8. The fourth-order valence-corrected chi connectivity index (χ4v) is 2.79. The lowest BCUT2D eigenvalue weighted by Gasteiger charge is -2.25.